The minimum Gasteiger partial charge on any atom is -0.509 e. The van der Waals surface area contributed by atoms with E-state index >= 15 is 0 Å². The maximum atomic E-state index is 14.7. The number of aromatic nitrogens is 2. The van der Waals surface area contributed by atoms with Crippen molar-refractivity contribution in [3.05, 3.63) is 198 Å². The molecule has 5 nitrogen and oxygen atoms in total. The molecule has 0 atom stereocenters. The van der Waals surface area contributed by atoms with Crippen LogP contribution in [0.2, 0.25) is 0 Å². The fraction of sp³-hybridized carbons (Fsp3) is 0.213. The Labute approximate surface area is 419 Å². The predicted molar refractivity (Wildman–Crippen MR) is 276 cm³/mol. The quantitative estimate of drug-likeness (QED) is 0.128. The van der Waals surface area contributed by atoms with Crippen LogP contribution >= 0.6 is 0 Å². The van der Waals surface area contributed by atoms with Crippen LogP contribution < -0.4 is 14.5 Å². The number of ether oxygens (including phenoxy) is 1. The summed E-state index contributed by atoms with van der Waals surface area (Å²) in [6.07, 6.45) is 1.89. The third-order valence-electron chi connectivity index (χ3n) is 13.1. The van der Waals surface area contributed by atoms with Crippen molar-refractivity contribution in [2.45, 2.75) is 85.5 Å². The third kappa shape index (κ3) is 8.98. The molecule has 69 heavy (non-hydrogen) atoms. The molecule has 8 heteroatoms. The van der Waals surface area contributed by atoms with Gasteiger partial charge in [0.2, 0.25) is 0 Å². The molecule has 1 aliphatic heterocycles. The van der Waals surface area contributed by atoms with Crippen molar-refractivity contribution in [3.8, 4) is 39.6 Å². The molecule has 0 aliphatic carbocycles. The molecule has 0 radical (unpaired) electrons. The summed E-state index contributed by atoms with van der Waals surface area (Å²) in [6.45, 7) is 22.2. The average Bonchev–Trinajstić information content (AvgIpc) is 3.86. The van der Waals surface area contributed by atoms with Gasteiger partial charge in [0.25, 0.3) is 0 Å². The number of pyridine rings is 1. The summed E-state index contributed by atoms with van der Waals surface area (Å²) in [6, 6.07) is 52.7. The molecule has 1 aliphatic rings. The number of benzene rings is 7. The number of rotatable bonds is 10. The normalized spacial score (nSPS) is 12.7. The smallest absolute Gasteiger partial charge is 0.135 e. The van der Waals surface area contributed by atoms with E-state index in [2.05, 4.69) is 168 Å². The molecular formula is C61H55F2N4OPt-3. The largest absolute Gasteiger partial charge is 0.509 e. The van der Waals surface area contributed by atoms with E-state index in [-0.39, 0.29) is 38.3 Å². The number of para-hydroxylation sites is 4. The van der Waals surface area contributed by atoms with E-state index in [1.807, 2.05) is 55.3 Å². The van der Waals surface area contributed by atoms with Crippen LogP contribution in [0.3, 0.4) is 0 Å². The number of hydrogen-bond donors (Lipinski definition) is 0. The molecule has 9 aromatic rings. The summed E-state index contributed by atoms with van der Waals surface area (Å²) < 4.78 is 38.6. The van der Waals surface area contributed by atoms with Crippen LogP contribution in [0, 0.1) is 30.4 Å². The molecule has 10 rings (SSSR count). The molecule has 7 aromatic carbocycles. The average molecular weight is 1090 g/mol. The Kier molecular flexibility index (Phi) is 12.9. The second-order valence-electron chi connectivity index (χ2n) is 19.9. The van der Waals surface area contributed by atoms with Gasteiger partial charge in [0.1, 0.15) is 17.5 Å². The van der Waals surface area contributed by atoms with Gasteiger partial charge in [0.05, 0.1) is 0 Å². The molecule has 352 valence electrons. The van der Waals surface area contributed by atoms with Gasteiger partial charge in [0, 0.05) is 73.0 Å². The monoisotopic (exact) mass is 1090 g/mol. The molecule has 2 aromatic heterocycles. The van der Waals surface area contributed by atoms with Crippen molar-refractivity contribution in [2.75, 3.05) is 9.80 Å². The molecule has 0 spiro atoms. The first-order chi connectivity index (χ1) is 32.6. The molecule has 0 bridgehead atoms. The van der Waals surface area contributed by atoms with Gasteiger partial charge >= 0.3 is 0 Å². The van der Waals surface area contributed by atoms with Crippen LogP contribution in [-0.2, 0) is 26.5 Å². The number of anilines is 4. The van der Waals surface area contributed by atoms with Gasteiger partial charge in [-0.2, -0.15) is 6.07 Å². The van der Waals surface area contributed by atoms with Gasteiger partial charge in [-0.25, -0.2) is 13.8 Å². The Morgan fingerprint density at radius 3 is 1.90 bits per heavy atom. The van der Waals surface area contributed by atoms with Crippen molar-refractivity contribution in [2.24, 2.45) is 0 Å². The minimum absolute atomic E-state index is 0. The Balaban J connectivity index is 0.00000593. The molecule has 0 unspecified atom stereocenters. The first kappa shape index (κ1) is 47.5. The Bertz CT molecular complexity index is 3330. The van der Waals surface area contributed by atoms with E-state index < -0.39 is 11.6 Å². The van der Waals surface area contributed by atoms with E-state index in [0.717, 1.165) is 62.0 Å². The van der Waals surface area contributed by atoms with Crippen molar-refractivity contribution >= 4 is 44.6 Å². The van der Waals surface area contributed by atoms with Gasteiger partial charge < -0.3 is 19.1 Å². The topological polar surface area (TPSA) is 33.5 Å². The maximum Gasteiger partial charge on any atom is 0.135 e. The van der Waals surface area contributed by atoms with Gasteiger partial charge in [-0.1, -0.05) is 128 Å². The second kappa shape index (κ2) is 18.7. The van der Waals surface area contributed by atoms with Crippen LogP contribution in [0.15, 0.2) is 146 Å². The summed E-state index contributed by atoms with van der Waals surface area (Å²) in [7, 11) is 0. The fourth-order valence-electron chi connectivity index (χ4n) is 9.58. The summed E-state index contributed by atoms with van der Waals surface area (Å²) in [4.78, 5) is 9.10. The number of nitrogens with zero attached hydrogens (tertiary/aromatic N) is 4. The zero-order valence-electron chi connectivity index (χ0n) is 40.4. The van der Waals surface area contributed by atoms with Gasteiger partial charge in [-0.3, -0.25) is 0 Å². The standard InChI is InChI=1S/C61H55F2N4O.Pt/c1-37(2)40-30-52(38(3)4)60(53(31-40)39(5)6)42-28-46(65-36-66(57-21-15-14-20-56(57)65)54-18-12-10-16-49(54)41-26-44(62)33-45(63)27-41)34-48(29-42)68-47-22-23-51-50-17-11-13-19-55(50)67(58(51)35-47)59-32-43(24-25-64-59)61(7,8)9;/h10-33,36-39H,1-9H3;/q-3;. The van der Waals surface area contributed by atoms with E-state index in [1.54, 1.807) is 0 Å². The van der Waals surface area contributed by atoms with Crippen molar-refractivity contribution in [1.29, 1.82) is 0 Å². The van der Waals surface area contributed by atoms with E-state index in [0.29, 0.717) is 28.5 Å². The predicted octanol–water partition coefficient (Wildman–Crippen LogP) is 17.3. The zero-order chi connectivity index (χ0) is 47.6. The molecule has 0 saturated heterocycles. The van der Waals surface area contributed by atoms with Crippen molar-refractivity contribution in [3.63, 3.8) is 0 Å². The van der Waals surface area contributed by atoms with E-state index in [9.17, 15) is 8.78 Å². The van der Waals surface area contributed by atoms with Crippen LogP contribution in [0.5, 0.6) is 11.5 Å². The summed E-state index contributed by atoms with van der Waals surface area (Å²) in [5.74, 6) is 1.46. The van der Waals surface area contributed by atoms with E-state index in [4.69, 9.17) is 9.72 Å². The molecule has 0 amide bonds. The number of halogens is 2. The van der Waals surface area contributed by atoms with Crippen molar-refractivity contribution < 1.29 is 34.6 Å². The summed E-state index contributed by atoms with van der Waals surface area (Å²) >= 11 is 0. The maximum absolute atomic E-state index is 14.7. The zero-order valence-corrected chi connectivity index (χ0v) is 42.7. The Hall–Kier alpha value is -6.56. The molecule has 0 saturated carbocycles. The van der Waals surface area contributed by atoms with Gasteiger partial charge in [0.15, 0.2) is 0 Å². The fourth-order valence-corrected chi connectivity index (χ4v) is 9.58. The second-order valence-corrected chi connectivity index (χ2v) is 19.9. The minimum atomic E-state index is -0.631. The summed E-state index contributed by atoms with van der Waals surface area (Å²) in [5, 5.41) is 2.15. The molecule has 3 heterocycles. The molecular weight excluding hydrogens is 1040 g/mol. The Morgan fingerprint density at radius 1 is 0.594 bits per heavy atom. The van der Waals surface area contributed by atoms with Crippen LogP contribution in [0.1, 0.15) is 102 Å². The van der Waals surface area contributed by atoms with E-state index in [1.165, 1.54) is 39.9 Å². The van der Waals surface area contributed by atoms with Crippen LogP contribution in [0.4, 0.5) is 31.5 Å². The number of fused-ring (bicyclic) bond motifs is 4. The Morgan fingerprint density at radius 2 is 1.23 bits per heavy atom. The van der Waals surface area contributed by atoms with Crippen LogP contribution in [-0.4, -0.2) is 9.55 Å². The van der Waals surface area contributed by atoms with Crippen LogP contribution in [0.25, 0.3) is 49.9 Å². The summed E-state index contributed by atoms with van der Waals surface area (Å²) in [5.41, 5.74) is 13.6. The first-order valence-corrected chi connectivity index (χ1v) is 23.6. The SMILES string of the molecule is CC(C)c1cc(C(C)C)c(-c2cc(Oc3[c-]c4c(cc3)c3ccccc3n4-c3cc(C(C)(C)C)ccn3)[c-]c(N3[CH-]N(c4ccccc4-c4cc(F)cc(F)c4)c4ccccc43)c2)c(C(C)C)c1.[Pt]. The molecule has 0 fully saturated rings. The van der Waals surface area contributed by atoms with Crippen molar-refractivity contribution in [1.82, 2.24) is 9.55 Å². The number of hydrogen-bond acceptors (Lipinski definition) is 4. The van der Waals surface area contributed by atoms with Gasteiger partial charge in [-0.05, 0) is 110 Å². The first-order valence-electron chi connectivity index (χ1n) is 23.6. The molecule has 0 N–H and O–H groups in total. The van der Waals surface area contributed by atoms with Gasteiger partial charge in [-0.15, -0.1) is 53.6 Å². The third-order valence-corrected chi connectivity index (χ3v) is 13.1.